The first-order valence-corrected chi connectivity index (χ1v) is 6.11. The molecule has 1 unspecified atom stereocenters. The maximum absolute atomic E-state index is 9.20. The highest BCUT2D eigenvalue weighted by atomic mass is 16.5. The van der Waals surface area contributed by atoms with E-state index < -0.39 is 0 Å². The molecule has 1 atom stereocenters. The van der Waals surface area contributed by atoms with Crippen molar-refractivity contribution in [2.75, 3.05) is 20.3 Å². The Kier molecular flexibility index (Phi) is 5.58. The quantitative estimate of drug-likeness (QED) is 0.708. The zero-order valence-corrected chi connectivity index (χ0v) is 10.1. The van der Waals surface area contributed by atoms with Gasteiger partial charge in [0, 0.05) is 12.1 Å². The standard InChI is InChI=1S/C12H25NO2/c1-12(10-14,13-2)8-9-15-11-6-4-3-5-7-11/h11,13-14H,3-10H2,1-2H3. The van der Waals surface area contributed by atoms with Crippen LogP contribution >= 0.6 is 0 Å². The van der Waals surface area contributed by atoms with Crippen molar-refractivity contribution in [3.05, 3.63) is 0 Å². The Morgan fingerprint density at radius 2 is 2.00 bits per heavy atom. The SMILES string of the molecule is CNC(C)(CO)CCOC1CCCCC1. The molecule has 0 heterocycles. The lowest BCUT2D eigenvalue weighted by molar-refractivity contribution is 0.0122. The van der Waals surface area contributed by atoms with Gasteiger partial charge in [0.2, 0.25) is 0 Å². The van der Waals surface area contributed by atoms with Gasteiger partial charge in [-0.2, -0.15) is 0 Å². The third-order valence-electron chi connectivity index (χ3n) is 3.51. The monoisotopic (exact) mass is 215 g/mol. The van der Waals surface area contributed by atoms with Gasteiger partial charge < -0.3 is 15.2 Å². The first-order valence-electron chi connectivity index (χ1n) is 6.11. The molecular weight excluding hydrogens is 190 g/mol. The maximum atomic E-state index is 9.20. The minimum atomic E-state index is -0.186. The topological polar surface area (TPSA) is 41.5 Å². The summed E-state index contributed by atoms with van der Waals surface area (Å²) in [6.45, 7) is 2.94. The zero-order valence-electron chi connectivity index (χ0n) is 10.1. The van der Waals surface area contributed by atoms with Crippen LogP contribution in [0.25, 0.3) is 0 Å². The summed E-state index contributed by atoms with van der Waals surface area (Å²) in [5, 5.41) is 12.3. The highest BCUT2D eigenvalue weighted by Gasteiger charge is 2.21. The first kappa shape index (κ1) is 12.9. The normalized spacial score (nSPS) is 22.6. The molecule has 1 rings (SSSR count). The second-order valence-corrected chi connectivity index (χ2v) is 4.85. The summed E-state index contributed by atoms with van der Waals surface area (Å²) in [6.07, 6.45) is 7.77. The number of aliphatic hydroxyl groups excluding tert-OH is 1. The lowest BCUT2D eigenvalue weighted by Crippen LogP contribution is -2.44. The molecule has 2 N–H and O–H groups in total. The molecule has 0 saturated heterocycles. The Morgan fingerprint density at radius 3 is 2.53 bits per heavy atom. The van der Waals surface area contributed by atoms with Crippen molar-refractivity contribution in [2.24, 2.45) is 0 Å². The van der Waals surface area contributed by atoms with Gasteiger partial charge in [0.15, 0.2) is 0 Å². The lowest BCUT2D eigenvalue weighted by atomic mass is 9.97. The highest BCUT2D eigenvalue weighted by Crippen LogP contribution is 2.21. The van der Waals surface area contributed by atoms with Gasteiger partial charge in [0.05, 0.1) is 12.7 Å². The number of nitrogens with one attached hydrogen (secondary N) is 1. The van der Waals surface area contributed by atoms with Crippen molar-refractivity contribution in [2.45, 2.75) is 57.1 Å². The van der Waals surface area contributed by atoms with Crippen LogP contribution < -0.4 is 5.32 Å². The molecule has 0 aliphatic heterocycles. The molecule has 0 aromatic carbocycles. The Morgan fingerprint density at radius 1 is 1.33 bits per heavy atom. The van der Waals surface area contributed by atoms with Crippen molar-refractivity contribution in [1.82, 2.24) is 5.32 Å². The molecule has 0 bridgehead atoms. The average Bonchev–Trinajstić information content (AvgIpc) is 2.30. The Hall–Kier alpha value is -0.120. The molecule has 1 aliphatic rings. The van der Waals surface area contributed by atoms with Gasteiger partial charge in [-0.3, -0.25) is 0 Å². The van der Waals surface area contributed by atoms with Gasteiger partial charge in [-0.25, -0.2) is 0 Å². The third kappa shape index (κ3) is 4.49. The molecule has 0 radical (unpaired) electrons. The molecular formula is C12H25NO2. The van der Waals surface area contributed by atoms with E-state index in [1.165, 1.54) is 32.1 Å². The zero-order chi connectivity index (χ0) is 11.1. The molecule has 90 valence electrons. The predicted octanol–water partition coefficient (Wildman–Crippen LogP) is 1.70. The maximum Gasteiger partial charge on any atom is 0.0611 e. The minimum Gasteiger partial charge on any atom is -0.394 e. The fraction of sp³-hybridized carbons (Fsp3) is 1.00. The summed E-state index contributed by atoms with van der Waals surface area (Å²) in [4.78, 5) is 0. The third-order valence-corrected chi connectivity index (χ3v) is 3.51. The van der Waals surface area contributed by atoms with E-state index in [1.54, 1.807) is 0 Å². The van der Waals surface area contributed by atoms with Crippen molar-refractivity contribution < 1.29 is 9.84 Å². The van der Waals surface area contributed by atoms with Crippen LogP contribution in [0, 0.1) is 0 Å². The van der Waals surface area contributed by atoms with Crippen LogP contribution in [0.3, 0.4) is 0 Å². The molecule has 1 fully saturated rings. The largest absolute Gasteiger partial charge is 0.394 e. The molecule has 15 heavy (non-hydrogen) atoms. The fourth-order valence-electron chi connectivity index (χ4n) is 1.97. The van der Waals surface area contributed by atoms with Crippen LogP contribution in [0.1, 0.15) is 45.4 Å². The smallest absolute Gasteiger partial charge is 0.0611 e. The van der Waals surface area contributed by atoms with Gasteiger partial charge in [-0.15, -0.1) is 0 Å². The number of aliphatic hydroxyl groups is 1. The summed E-state index contributed by atoms with van der Waals surface area (Å²) in [5.74, 6) is 0. The fourth-order valence-corrected chi connectivity index (χ4v) is 1.97. The molecule has 3 heteroatoms. The summed E-state index contributed by atoms with van der Waals surface area (Å²) < 4.78 is 5.83. The molecule has 0 amide bonds. The summed E-state index contributed by atoms with van der Waals surface area (Å²) in [7, 11) is 1.89. The van der Waals surface area contributed by atoms with Crippen LogP contribution in [-0.2, 0) is 4.74 Å². The van der Waals surface area contributed by atoms with Gasteiger partial charge in [0.1, 0.15) is 0 Å². The Labute approximate surface area is 93.2 Å². The molecule has 3 nitrogen and oxygen atoms in total. The number of rotatable bonds is 6. The number of hydrogen-bond acceptors (Lipinski definition) is 3. The summed E-state index contributed by atoms with van der Waals surface area (Å²) in [6, 6.07) is 0. The van der Waals surface area contributed by atoms with Crippen LogP contribution in [0.5, 0.6) is 0 Å². The first-order chi connectivity index (χ1) is 7.20. The van der Waals surface area contributed by atoms with Crippen molar-refractivity contribution in [3.63, 3.8) is 0 Å². The van der Waals surface area contributed by atoms with E-state index in [2.05, 4.69) is 5.32 Å². The van der Waals surface area contributed by atoms with E-state index in [9.17, 15) is 5.11 Å². The second kappa shape index (κ2) is 6.46. The van der Waals surface area contributed by atoms with E-state index in [0.29, 0.717) is 6.10 Å². The van der Waals surface area contributed by atoms with E-state index in [0.717, 1.165) is 13.0 Å². The highest BCUT2D eigenvalue weighted by molar-refractivity contribution is 4.80. The Bertz CT molecular complexity index is 163. The van der Waals surface area contributed by atoms with E-state index in [1.807, 2.05) is 14.0 Å². The van der Waals surface area contributed by atoms with Crippen molar-refractivity contribution >= 4 is 0 Å². The van der Waals surface area contributed by atoms with E-state index >= 15 is 0 Å². The van der Waals surface area contributed by atoms with Gasteiger partial charge in [0.25, 0.3) is 0 Å². The summed E-state index contributed by atoms with van der Waals surface area (Å²) >= 11 is 0. The van der Waals surface area contributed by atoms with E-state index in [-0.39, 0.29) is 12.1 Å². The molecule has 0 aromatic rings. The Balaban J connectivity index is 2.14. The van der Waals surface area contributed by atoms with Crippen molar-refractivity contribution in [3.8, 4) is 0 Å². The van der Waals surface area contributed by atoms with E-state index in [4.69, 9.17) is 4.74 Å². The number of hydrogen-bond donors (Lipinski definition) is 2. The van der Waals surface area contributed by atoms with Crippen LogP contribution in [0.15, 0.2) is 0 Å². The lowest BCUT2D eigenvalue weighted by Gasteiger charge is -2.28. The van der Waals surface area contributed by atoms with Crippen molar-refractivity contribution in [1.29, 1.82) is 0 Å². The van der Waals surface area contributed by atoms with Gasteiger partial charge in [-0.1, -0.05) is 19.3 Å². The minimum absolute atomic E-state index is 0.164. The molecule has 1 aliphatic carbocycles. The predicted molar refractivity (Wildman–Crippen MR) is 62.0 cm³/mol. The van der Waals surface area contributed by atoms with Gasteiger partial charge in [-0.05, 0) is 33.2 Å². The number of ether oxygens (including phenoxy) is 1. The molecule has 1 saturated carbocycles. The van der Waals surface area contributed by atoms with Crippen LogP contribution in [0.4, 0.5) is 0 Å². The average molecular weight is 215 g/mol. The summed E-state index contributed by atoms with van der Waals surface area (Å²) in [5.41, 5.74) is -0.186. The van der Waals surface area contributed by atoms with Crippen LogP contribution in [0.2, 0.25) is 0 Å². The van der Waals surface area contributed by atoms with Crippen LogP contribution in [-0.4, -0.2) is 37.0 Å². The molecule has 0 aromatic heterocycles. The van der Waals surface area contributed by atoms with Gasteiger partial charge >= 0.3 is 0 Å². The molecule has 0 spiro atoms. The number of likely N-dealkylation sites (N-methyl/N-ethyl adjacent to an activating group) is 1. The second-order valence-electron chi connectivity index (χ2n) is 4.85.